The van der Waals surface area contributed by atoms with E-state index in [4.69, 9.17) is 0 Å². The van der Waals surface area contributed by atoms with Crippen molar-refractivity contribution in [2.75, 3.05) is 11.4 Å². The lowest BCUT2D eigenvalue weighted by Gasteiger charge is -2.25. The van der Waals surface area contributed by atoms with Crippen LogP contribution in [-0.2, 0) is 13.2 Å². The summed E-state index contributed by atoms with van der Waals surface area (Å²) < 4.78 is 39.8. The molecule has 0 spiro atoms. The van der Waals surface area contributed by atoms with E-state index < -0.39 is 17.2 Å². The summed E-state index contributed by atoms with van der Waals surface area (Å²) in [5.41, 5.74) is 0.717. The van der Waals surface area contributed by atoms with Gasteiger partial charge in [-0.3, -0.25) is 4.68 Å². The van der Waals surface area contributed by atoms with Crippen LogP contribution in [0.25, 0.3) is 0 Å². The molecule has 1 N–H and O–H groups in total. The van der Waals surface area contributed by atoms with Crippen molar-refractivity contribution >= 4 is 16.5 Å². The lowest BCUT2D eigenvalue weighted by Crippen LogP contribution is -2.30. The van der Waals surface area contributed by atoms with Crippen molar-refractivity contribution in [1.29, 1.82) is 0 Å². The molecule has 2 atom stereocenters. The summed E-state index contributed by atoms with van der Waals surface area (Å²) in [6.45, 7) is 0.662. The van der Waals surface area contributed by atoms with E-state index in [0.29, 0.717) is 29.4 Å². The third-order valence-corrected chi connectivity index (χ3v) is 5.08. The Labute approximate surface area is 135 Å². The van der Waals surface area contributed by atoms with E-state index in [1.165, 1.54) is 0 Å². The first kappa shape index (κ1) is 16.3. The van der Waals surface area contributed by atoms with Crippen LogP contribution in [0.5, 0.6) is 0 Å². The molecule has 0 bridgehead atoms. The number of hydrogen-bond acceptors (Lipinski definition) is 5. The van der Waals surface area contributed by atoms with Gasteiger partial charge in [-0.25, -0.2) is 4.98 Å². The minimum Gasteiger partial charge on any atom is -0.388 e. The largest absolute Gasteiger partial charge is 0.427 e. The second kappa shape index (κ2) is 6.12. The van der Waals surface area contributed by atoms with Crippen LogP contribution in [0.3, 0.4) is 0 Å². The van der Waals surface area contributed by atoms with Crippen LogP contribution in [-0.4, -0.2) is 32.5 Å². The van der Waals surface area contributed by atoms with Gasteiger partial charge in [-0.05, 0) is 19.3 Å². The van der Waals surface area contributed by atoms with Gasteiger partial charge in [0, 0.05) is 31.4 Å². The summed E-state index contributed by atoms with van der Waals surface area (Å²) >= 11 is 0.660. The molecule has 0 unspecified atom stereocenters. The van der Waals surface area contributed by atoms with Crippen LogP contribution in [0.2, 0.25) is 0 Å². The van der Waals surface area contributed by atoms with Gasteiger partial charge in [0.1, 0.15) is 4.88 Å². The molecule has 1 aliphatic heterocycles. The van der Waals surface area contributed by atoms with E-state index in [-0.39, 0.29) is 6.04 Å². The van der Waals surface area contributed by atoms with Crippen molar-refractivity contribution < 1.29 is 18.3 Å². The standard InChI is InChI=1S/C14H17F3N4OS/c1-20-8-9(6-19-20)11(22)5-10-3-2-4-21(10)13-18-7-12(23-13)14(15,16)17/h6-8,10-11,22H,2-5H2,1H3/t10-,11-/m1/s1. The van der Waals surface area contributed by atoms with E-state index in [2.05, 4.69) is 10.1 Å². The number of aryl methyl sites for hydroxylation is 1. The fourth-order valence-electron chi connectivity index (χ4n) is 2.87. The molecule has 0 aromatic carbocycles. The predicted molar refractivity (Wildman–Crippen MR) is 80.3 cm³/mol. The summed E-state index contributed by atoms with van der Waals surface area (Å²) in [7, 11) is 1.77. The quantitative estimate of drug-likeness (QED) is 0.925. The van der Waals surface area contributed by atoms with Crippen LogP contribution in [0.1, 0.15) is 35.8 Å². The Balaban J connectivity index is 1.71. The summed E-state index contributed by atoms with van der Waals surface area (Å²) in [4.78, 5) is 5.11. The molecule has 0 amide bonds. The van der Waals surface area contributed by atoms with Gasteiger partial charge < -0.3 is 10.0 Å². The summed E-state index contributed by atoms with van der Waals surface area (Å²) in [6.07, 6.45) is 1.35. The zero-order valence-electron chi connectivity index (χ0n) is 12.5. The number of halogens is 3. The minimum absolute atomic E-state index is 0.0163. The molecule has 5 nitrogen and oxygen atoms in total. The lowest BCUT2D eigenvalue weighted by molar-refractivity contribution is -0.134. The van der Waals surface area contributed by atoms with Gasteiger partial charge in [-0.15, -0.1) is 0 Å². The topological polar surface area (TPSA) is 54.2 Å². The smallest absolute Gasteiger partial charge is 0.388 e. The Hall–Kier alpha value is -1.61. The molecule has 2 aromatic rings. The number of rotatable bonds is 4. The van der Waals surface area contributed by atoms with E-state index >= 15 is 0 Å². The van der Waals surface area contributed by atoms with E-state index in [0.717, 1.165) is 24.6 Å². The molecule has 23 heavy (non-hydrogen) atoms. The van der Waals surface area contributed by atoms with Crippen molar-refractivity contribution in [3.8, 4) is 0 Å². The van der Waals surface area contributed by atoms with Crippen molar-refractivity contribution in [2.24, 2.45) is 7.05 Å². The number of nitrogens with zero attached hydrogens (tertiary/aromatic N) is 4. The third-order valence-electron chi connectivity index (χ3n) is 4.00. The average molecular weight is 346 g/mol. The van der Waals surface area contributed by atoms with Gasteiger partial charge >= 0.3 is 6.18 Å². The predicted octanol–water partition coefficient (Wildman–Crippen LogP) is 2.99. The van der Waals surface area contributed by atoms with Gasteiger partial charge in [-0.1, -0.05) is 11.3 Å². The average Bonchev–Trinajstić information content (AvgIpc) is 3.15. The van der Waals surface area contributed by atoms with Crippen LogP contribution < -0.4 is 4.90 Å². The van der Waals surface area contributed by atoms with E-state index in [1.54, 1.807) is 24.1 Å². The number of hydrogen-bond donors (Lipinski definition) is 1. The Morgan fingerprint density at radius 3 is 2.83 bits per heavy atom. The molecule has 9 heteroatoms. The summed E-state index contributed by atoms with van der Waals surface area (Å²) in [5.74, 6) is 0. The van der Waals surface area contributed by atoms with Crippen LogP contribution in [0.15, 0.2) is 18.6 Å². The highest BCUT2D eigenvalue weighted by molar-refractivity contribution is 7.15. The fraction of sp³-hybridized carbons (Fsp3) is 0.571. The Morgan fingerprint density at radius 1 is 1.43 bits per heavy atom. The normalized spacial score (nSPS) is 20.2. The van der Waals surface area contributed by atoms with Crippen molar-refractivity contribution in [3.63, 3.8) is 0 Å². The molecule has 1 saturated heterocycles. The lowest BCUT2D eigenvalue weighted by atomic mass is 10.0. The first-order valence-electron chi connectivity index (χ1n) is 7.31. The zero-order valence-corrected chi connectivity index (χ0v) is 13.3. The Bertz CT molecular complexity index is 669. The third kappa shape index (κ3) is 3.50. The molecule has 3 heterocycles. The molecular weight excluding hydrogens is 329 g/mol. The number of aliphatic hydroxyl groups is 1. The molecule has 0 aliphatic carbocycles. The Kier molecular flexibility index (Phi) is 4.33. The van der Waals surface area contributed by atoms with Crippen molar-refractivity contribution in [1.82, 2.24) is 14.8 Å². The number of thiazole rings is 1. The first-order chi connectivity index (χ1) is 10.8. The SMILES string of the molecule is Cn1cc([C@H](O)C[C@H]2CCCN2c2ncc(C(F)(F)F)s2)cn1. The molecule has 0 radical (unpaired) electrons. The number of aliphatic hydroxyl groups excluding tert-OH is 1. The molecular formula is C14H17F3N4OS. The van der Waals surface area contributed by atoms with Gasteiger partial charge in [0.05, 0.1) is 18.5 Å². The van der Waals surface area contributed by atoms with Crippen molar-refractivity contribution in [3.05, 3.63) is 29.0 Å². The maximum atomic E-state index is 12.7. The maximum Gasteiger partial charge on any atom is 0.427 e. The monoisotopic (exact) mass is 346 g/mol. The first-order valence-corrected chi connectivity index (χ1v) is 8.12. The maximum absolute atomic E-state index is 12.7. The summed E-state index contributed by atoms with van der Waals surface area (Å²) in [6, 6.07) is -0.0163. The van der Waals surface area contributed by atoms with Crippen molar-refractivity contribution in [2.45, 2.75) is 37.6 Å². The molecule has 2 aromatic heterocycles. The highest BCUT2D eigenvalue weighted by Gasteiger charge is 2.36. The zero-order chi connectivity index (χ0) is 16.6. The van der Waals surface area contributed by atoms with Crippen LogP contribution >= 0.6 is 11.3 Å². The molecule has 1 fully saturated rings. The van der Waals surface area contributed by atoms with Crippen LogP contribution in [0.4, 0.5) is 18.3 Å². The van der Waals surface area contributed by atoms with Gasteiger partial charge in [-0.2, -0.15) is 18.3 Å². The second-order valence-electron chi connectivity index (χ2n) is 5.69. The molecule has 1 aliphatic rings. The Morgan fingerprint density at radius 2 is 2.22 bits per heavy atom. The van der Waals surface area contributed by atoms with E-state index in [9.17, 15) is 18.3 Å². The van der Waals surface area contributed by atoms with Gasteiger partial charge in [0.15, 0.2) is 5.13 Å². The molecule has 3 rings (SSSR count). The fourth-order valence-corrected chi connectivity index (χ4v) is 3.75. The summed E-state index contributed by atoms with van der Waals surface area (Å²) in [5, 5.41) is 14.7. The number of anilines is 1. The highest BCUT2D eigenvalue weighted by Crippen LogP contribution is 2.39. The highest BCUT2D eigenvalue weighted by atomic mass is 32.1. The van der Waals surface area contributed by atoms with Gasteiger partial charge in [0.2, 0.25) is 0 Å². The minimum atomic E-state index is -4.36. The van der Waals surface area contributed by atoms with Gasteiger partial charge in [0.25, 0.3) is 0 Å². The van der Waals surface area contributed by atoms with Crippen LogP contribution in [0, 0.1) is 0 Å². The number of aromatic nitrogens is 3. The number of alkyl halides is 3. The second-order valence-corrected chi connectivity index (χ2v) is 6.70. The molecule has 126 valence electrons. The molecule has 0 saturated carbocycles. The van der Waals surface area contributed by atoms with E-state index in [1.807, 2.05) is 4.90 Å².